The number of benzene rings is 2. The zero-order valence-corrected chi connectivity index (χ0v) is 14.9. The van der Waals surface area contributed by atoms with Crippen LogP contribution in [0, 0.1) is 6.92 Å². The molecule has 2 rings (SSSR count). The highest BCUT2D eigenvalue weighted by Crippen LogP contribution is 2.32. The van der Waals surface area contributed by atoms with Gasteiger partial charge in [0.15, 0.2) is 0 Å². The van der Waals surface area contributed by atoms with Crippen molar-refractivity contribution in [3.05, 3.63) is 56.5 Å². The lowest BCUT2D eigenvalue weighted by Crippen LogP contribution is -1.98. The van der Waals surface area contributed by atoms with E-state index in [0.29, 0.717) is 14.5 Å². The van der Waals surface area contributed by atoms with Crippen molar-refractivity contribution in [3.63, 3.8) is 0 Å². The van der Waals surface area contributed by atoms with Crippen LogP contribution < -0.4 is 0 Å². The number of nitrogens with zero attached hydrogens (tertiary/aromatic N) is 1. The molecule has 0 spiro atoms. The van der Waals surface area contributed by atoms with E-state index in [1.807, 2.05) is 6.92 Å². The number of aromatic hydroxyl groups is 1. The number of phenols is 1. The maximum absolute atomic E-state index is 12.1. The molecule has 0 aliphatic heterocycles. The van der Waals surface area contributed by atoms with Crippen LogP contribution in [-0.2, 0) is 10.0 Å². The molecule has 7 heteroatoms. The Kier molecular flexibility index (Phi) is 4.85. The molecular formula is C14H11Br2NO3S. The summed E-state index contributed by atoms with van der Waals surface area (Å²) in [6.07, 6.45) is 1.24. The van der Waals surface area contributed by atoms with Crippen molar-refractivity contribution in [2.75, 3.05) is 0 Å². The Bertz CT molecular complexity index is 776. The quantitative estimate of drug-likeness (QED) is 0.744. The van der Waals surface area contributed by atoms with E-state index in [4.69, 9.17) is 0 Å². The third-order valence-corrected chi connectivity index (χ3v) is 5.16. The lowest BCUT2D eigenvalue weighted by Gasteiger charge is -2.02. The zero-order chi connectivity index (χ0) is 15.6. The van der Waals surface area contributed by atoms with Crippen LogP contribution in [0.25, 0.3) is 0 Å². The maximum atomic E-state index is 12.1. The fourth-order valence-corrected chi connectivity index (χ4v) is 3.65. The highest BCUT2D eigenvalue weighted by Gasteiger charge is 2.11. The molecule has 0 atom stereocenters. The summed E-state index contributed by atoms with van der Waals surface area (Å²) in [4.78, 5) is 0.140. The van der Waals surface area contributed by atoms with Crippen molar-refractivity contribution < 1.29 is 13.5 Å². The predicted octanol–water partition coefficient (Wildman–Crippen LogP) is 4.03. The van der Waals surface area contributed by atoms with Gasteiger partial charge in [-0.15, -0.1) is 0 Å². The lowest BCUT2D eigenvalue weighted by molar-refractivity contribution is 0.468. The second-order valence-corrected chi connectivity index (χ2v) is 7.70. The van der Waals surface area contributed by atoms with Crippen LogP contribution in [0.3, 0.4) is 0 Å². The van der Waals surface area contributed by atoms with Crippen molar-refractivity contribution in [2.24, 2.45) is 4.40 Å². The normalized spacial score (nSPS) is 12.0. The molecule has 0 amide bonds. The molecule has 0 fully saturated rings. The van der Waals surface area contributed by atoms with E-state index < -0.39 is 10.0 Å². The first kappa shape index (κ1) is 16.2. The number of sulfonamides is 1. The Morgan fingerprint density at radius 2 is 1.62 bits per heavy atom. The smallest absolute Gasteiger partial charge is 0.282 e. The standard InChI is InChI=1S/C14H11Br2NO3S/c1-9-2-4-11(5-3-9)21(19,20)17-8-10-6-12(15)14(18)13(16)7-10/h2-8,18H,1H3/b17-8-. The molecule has 0 saturated carbocycles. The highest BCUT2D eigenvalue weighted by atomic mass is 79.9. The van der Waals surface area contributed by atoms with Gasteiger partial charge in [0.05, 0.1) is 13.8 Å². The second-order valence-electron chi connectivity index (χ2n) is 4.36. The Hall–Kier alpha value is -1.18. The third kappa shape index (κ3) is 3.93. The number of hydrogen-bond donors (Lipinski definition) is 1. The minimum atomic E-state index is -3.73. The molecule has 0 saturated heterocycles. The van der Waals surface area contributed by atoms with Crippen molar-refractivity contribution in [2.45, 2.75) is 11.8 Å². The SMILES string of the molecule is Cc1ccc(S(=O)(=O)/N=C\c2cc(Br)c(O)c(Br)c2)cc1. The first-order valence-corrected chi connectivity index (χ1v) is 8.87. The summed E-state index contributed by atoms with van der Waals surface area (Å²) >= 11 is 6.36. The summed E-state index contributed by atoms with van der Waals surface area (Å²) in [7, 11) is -3.73. The van der Waals surface area contributed by atoms with Gasteiger partial charge in [0.25, 0.3) is 10.0 Å². The Balaban J connectivity index is 2.34. The van der Waals surface area contributed by atoms with Gasteiger partial charge in [0, 0.05) is 6.21 Å². The van der Waals surface area contributed by atoms with Gasteiger partial charge in [-0.1, -0.05) is 17.7 Å². The number of phenolic OH excluding ortho intramolecular Hbond substituents is 1. The van der Waals surface area contributed by atoms with Gasteiger partial charge >= 0.3 is 0 Å². The molecule has 0 unspecified atom stereocenters. The average molecular weight is 433 g/mol. The van der Waals surface area contributed by atoms with Gasteiger partial charge in [-0.3, -0.25) is 0 Å². The van der Waals surface area contributed by atoms with Crippen LogP contribution in [0.1, 0.15) is 11.1 Å². The Morgan fingerprint density at radius 1 is 1.10 bits per heavy atom. The molecule has 0 aliphatic rings. The summed E-state index contributed by atoms with van der Waals surface area (Å²) in [5.74, 6) is 0.0496. The van der Waals surface area contributed by atoms with Gasteiger partial charge in [-0.05, 0) is 68.6 Å². The maximum Gasteiger partial charge on any atom is 0.282 e. The molecule has 2 aromatic rings. The van der Waals surface area contributed by atoms with E-state index in [0.717, 1.165) is 5.56 Å². The number of aryl methyl sites for hydroxylation is 1. The van der Waals surface area contributed by atoms with Crippen molar-refractivity contribution in [3.8, 4) is 5.75 Å². The fourth-order valence-electron chi connectivity index (χ4n) is 1.56. The highest BCUT2D eigenvalue weighted by molar-refractivity contribution is 9.11. The van der Waals surface area contributed by atoms with Crippen molar-refractivity contribution in [1.29, 1.82) is 0 Å². The molecule has 0 aliphatic carbocycles. The number of hydrogen-bond acceptors (Lipinski definition) is 3. The molecule has 0 heterocycles. The lowest BCUT2D eigenvalue weighted by atomic mass is 10.2. The fraction of sp³-hybridized carbons (Fsp3) is 0.0714. The minimum absolute atomic E-state index is 0.0496. The third-order valence-electron chi connectivity index (χ3n) is 2.70. The first-order valence-electron chi connectivity index (χ1n) is 5.84. The van der Waals surface area contributed by atoms with Gasteiger partial charge in [-0.2, -0.15) is 12.8 Å². The second kappa shape index (κ2) is 6.29. The first-order chi connectivity index (χ1) is 9.79. The van der Waals surface area contributed by atoms with Gasteiger partial charge < -0.3 is 5.11 Å². The molecule has 4 nitrogen and oxygen atoms in total. The molecular weight excluding hydrogens is 422 g/mol. The molecule has 21 heavy (non-hydrogen) atoms. The van der Waals surface area contributed by atoms with Crippen LogP contribution in [0.15, 0.2) is 54.6 Å². The monoisotopic (exact) mass is 431 g/mol. The molecule has 0 aromatic heterocycles. The van der Waals surface area contributed by atoms with E-state index in [1.54, 1.807) is 24.3 Å². The van der Waals surface area contributed by atoms with Crippen LogP contribution in [-0.4, -0.2) is 19.7 Å². The van der Waals surface area contributed by atoms with E-state index in [-0.39, 0.29) is 10.6 Å². The summed E-state index contributed by atoms with van der Waals surface area (Å²) in [6, 6.07) is 9.63. The Labute approximate surface area is 139 Å². The van der Waals surface area contributed by atoms with Crippen molar-refractivity contribution >= 4 is 48.1 Å². The Morgan fingerprint density at radius 3 is 2.14 bits per heavy atom. The van der Waals surface area contributed by atoms with E-state index in [1.165, 1.54) is 18.3 Å². The number of halogens is 2. The number of rotatable bonds is 3. The summed E-state index contributed by atoms with van der Waals surface area (Å²) < 4.78 is 28.7. The van der Waals surface area contributed by atoms with Gasteiger partial charge in [-0.25, -0.2) is 0 Å². The molecule has 1 N–H and O–H groups in total. The summed E-state index contributed by atoms with van der Waals surface area (Å²) in [5.41, 5.74) is 1.52. The predicted molar refractivity (Wildman–Crippen MR) is 89.5 cm³/mol. The van der Waals surface area contributed by atoms with Crippen molar-refractivity contribution in [1.82, 2.24) is 0 Å². The summed E-state index contributed by atoms with van der Waals surface area (Å²) in [5, 5.41) is 9.61. The van der Waals surface area contributed by atoms with Gasteiger partial charge in [0.2, 0.25) is 0 Å². The summed E-state index contributed by atoms with van der Waals surface area (Å²) in [6.45, 7) is 1.88. The largest absolute Gasteiger partial charge is 0.506 e. The average Bonchev–Trinajstić information content (AvgIpc) is 2.43. The van der Waals surface area contributed by atoms with Crippen LogP contribution in [0.4, 0.5) is 0 Å². The molecule has 110 valence electrons. The zero-order valence-electron chi connectivity index (χ0n) is 10.9. The van der Waals surface area contributed by atoms with Gasteiger partial charge in [0.1, 0.15) is 5.75 Å². The van der Waals surface area contributed by atoms with Crippen LogP contribution in [0.5, 0.6) is 5.75 Å². The van der Waals surface area contributed by atoms with E-state index >= 15 is 0 Å². The molecule has 2 aromatic carbocycles. The minimum Gasteiger partial charge on any atom is -0.506 e. The molecule has 0 radical (unpaired) electrons. The topological polar surface area (TPSA) is 66.7 Å². The van der Waals surface area contributed by atoms with Crippen LogP contribution >= 0.6 is 31.9 Å². The van der Waals surface area contributed by atoms with Crippen LogP contribution in [0.2, 0.25) is 0 Å². The van der Waals surface area contributed by atoms with E-state index in [9.17, 15) is 13.5 Å². The van der Waals surface area contributed by atoms with E-state index in [2.05, 4.69) is 36.3 Å². The molecule has 0 bridgehead atoms.